The molecule has 1 aromatic heterocycles. The van der Waals surface area contributed by atoms with E-state index < -0.39 is 0 Å². The number of nitrogens with zero attached hydrogens (tertiary/aromatic N) is 3. The van der Waals surface area contributed by atoms with Gasteiger partial charge in [-0.2, -0.15) is 5.10 Å². The summed E-state index contributed by atoms with van der Waals surface area (Å²) >= 11 is 0. The van der Waals surface area contributed by atoms with Crippen LogP contribution in [0.1, 0.15) is 12.5 Å². The molecule has 31 heavy (non-hydrogen) atoms. The minimum Gasteiger partial charge on any atom is -0.497 e. The minimum atomic E-state index is -0.250. The van der Waals surface area contributed by atoms with Crippen molar-refractivity contribution >= 4 is 5.97 Å². The number of esters is 1. The summed E-state index contributed by atoms with van der Waals surface area (Å²) in [5.41, 5.74) is 3.82. The molecular weight excluding hydrogens is 394 g/mol. The molecule has 0 atom stereocenters. The maximum atomic E-state index is 12.1. The van der Waals surface area contributed by atoms with E-state index in [0.717, 1.165) is 28.3 Å². The highest BCUT2D eigenvalue weighted by Crippen LogP contribution is 2.27. The Morgan fingerprint density at radius 1 is 1.06 bits per heavy atom. The van der Waals surface area contributed by atoms with E-state index in [9.17, 15) is 4.79 Å². The first-order valence-electron chi connectivity index (χ1n) is 10.3. The van der Waals surface area contributed by atoms with Crippen LogP contribution in [-0.4, -0.2) is 61.2 Å². The average molecular weight is 424 g/mol. The van der Waals surface area contributed by atoms with Gasteiger partial charge >= 0.3 is 5.97 Å². The highest BCUT2D eigenvalue weighted by Gasteiger charge is 2.18. The fourth-order valence-corrected chi connectivity index (χ4v) is 3.29. The zero-order valence-electron chi connectivity index (χ0n) is 18.3. The molecule has 0 unspecified atom stereocenters. The van der Waals surface area contributed by atoms with Crippen LogP contribution in [0.5, 0.6) is 5.75 Å². The second-order valence-electron chi connectivity index (χ2n) is 7.02. The Balaban J connectivity index is 1.94. The van der Waals surface area contributed by atoms with Crippen molar-refractivity contribution in [2.45, 2.75) is 13.5 Å². The second kappa shape index (κ2) is 11.3. The van der Waals surface area contributed by atoms with Crippen LogP contribution in [0.2, 0.25) is 0 Å². The van der Waals surface area contributed by atoms with Crippen molar-refractivity contribution in [2.75, 3.05) is 40.5 Å². The lowest BCUT2D eigenvalue weighted by Gasteiger charge is -2.20. The van der Waals surface area contributed by atoms with Gasteiger partial charge < -0.3 is 14.2 Å². The third kappa shape index (κ3) is 6.16. The van der Waals surface area contributed by atoms with Gasteiger partial charge in [0.15, 0.2) is 0 Å². The SMILES string of the molecule is CCOC(=O)CN(CCOC)Cc1cn(-c2ccccc2)nc1-c1ccc(OC)cc1. The Kier molecular flexibility index (Phi) is 8.20. The summed E-state index contributed by atoms with van der Waals surface area (Å²) < 4.78 is 17.5. The minimum absolute atomic E-state index is 0.190. The molecule has 164 valence electrons. The van der Waals surface area contributed by atoms with E-state index in [2.05, 4.69) is 0 Å². The lowest BCUT2D eigenvalue weighted by molar-refractivity contribution is -0.144. The Labute approximate surface area is 183 Å². The van der Waals surface area contributed by atoms with Gasteiger partial charge in [0.25, 0.3) is 0 Å². The molecule has 0 aliphatic heterocycles. The molecule has 0 amide bonds. The van der Waals surface area contributed by atoms with Gasteiger partial charge in [0, 0.05) is 37.5 Å². The van der Waals surface area contributed by atoms with Gasteiger partial charge in [-0.3, -0.25) is 9.69 Å². The number of hydrogen-bond donors (Lipinski definition) is 0. The van der Waals surface area contributed by atoms with Crippen molar-refractivity contribution in [1.82, 2.24) is 14.7 Å². The quantitative estimate of drug-likeness (QED) is 0.440. The summed E-state index contributed by atoms with van der Waals surface area (Å²) in [6.07, 6.45) is 2.01. The van der Waals surface area contributed by atoms with E-state index in [1.165, 1.54) is 0 Å². The van der Waals surface area contributed by atoms with Crippen LogP contribution in [0.15, 0.2) is 60.8 Å². The standard InChI is InChI=1S/C24H29N3O4/c1-4-31-23(28)18-26(14-15-29-2)16-20-17-27(21-8-6-5-7-9-21)25-24(20)19-10-12-22(30-3)13-11-19/h5-13,17H,4,14-16,18H2,1-3H3. The summed E-state index contributed by atoms with van der Waals surface area (Å²) in [5.74, 6) is 0.539. The monoisotopic (exact) mass is 423 g/mol. The van der Waals surface area contributed by atoms with Crippen molar-refractivity contribution in [3.63, 3.8) is 0 Å². The fraction of sp³-hybridized carbons (Fsp3) is 0.333. The topological polar surface area (TPSA) is 65.8 Å². The maximum absolute atomic E-state index is 12.1. The lowest BCUT2D eigenvalue weighted by Crippen LogP contribution is -2.33. The molecule has 0 spiro atoms. The van der Waals surface area contributed by atoms with Crippen LogP contribution in [0, 0.1) is 0 Å². The number of aromatic nitrogens is 2. The summed E-state index contributed by atoms with van der Waals surface area (Å²) in [6.45, 7) is 4.02. The van der Waals surface area contributed by atoms with Gasteiger partial charge in [-0.25, -0.2) is 4.68 Å². The van der Waals surface area contributed by atoms with Gasteiger partial charge in [0.1, 0.15) is 5.75 Å². The van der Waals surface area contributed by atoms with Gasteiger partial charge in [-0.1, -0.05) is 18.2 Å². The van der Waals surface area contributed by atoms with Crippen LogP contribution in [-0.2, 0) is 20.8 Å². The zero-order valence-corrected chi connectivity index (χ0v) is 18.3. The molecule has 0 radical (unpaired) electrons. The van der Waals surface area contributed by atoms with E-state index in [1.807, 2.05) is 77.3 Å². The van der Waals surface area contributed by atoms with E-state index in [-0.39, 0.29) is 12.5 Å². The Bertz CT molecular complexity index is 955. The lowest BCUT2D eigenvalue weighted by atomic mass is 10.1. The number of carbonyl (C=O) groups is 1. The van der Waals surface area contributed by atoms with Crippen LogP contribution in [0.4, 0.5) is 0 Å². The van der Waals surface area contributed by atoms with Crippen molar-refractivity contribution in [3.8, 4) is 22.7 Å². The first kappa shape index (κ1) is 22.5. The molecule has 0 aliphatic carbocycles. The van der Waals surface area contributed by atoms with Crippen LogP contribution >= 0.6 is 0 Å². The number of para-hydroxylation sites is 1. The normalized spacial score (nSPS) is 11.0. The van der Waals surface area contributed by atoms with Crippen LogP contribution in [0.25, 0.3) is 16.9 Å². The first-order valence-corrected chi connectivity index (χ1v) is 10.3. The molecule has 7 heteroatoms. The highest BCUT2D eigenvalue weighted by molar-refractivity contribution is 5.71. The third-order valence-electron chi connectivity index (χ3n) is 4.84. The number of methoxy groups -OCH3 is 2. The van der Waals surface area contributed by atoms with Crippen molar-refractivity contribution in [3.05, 3.63) is 66.4 Å². The zero-order chi connectivity index (χ0) is 22.1. The van der Waals surface area contributed by atoms with Gasteiger partial charge in [0.05, 0.1) is 38.2 Å². The summed E-state index contributed by atoms with van der Waals surface area (Å²) in [5, 5.41) is 4.86. The predicted molar refractivity (Wildman–Crippen MR) is 119 cm³/mol. The third-order valence-corrected chi connectivity index (χ3v) is 4.84. The van der Waals surface area contributed by atoms with Crippen LogP contribution < -0.4 is 4.74 Å². The van der Waals surface area contributed by atoms with E-state index in [0.29, 0.717) is 26.3 Å². The summed E-state index contributed by atoms with van der Waals surface area (Å²) in [4.78, 5) is 14.1. The van der Waals surface area contributed by atoms with Gasteiger partial charge in [-0.15, -0.1) is 0 Å². The molecule has 3 aromatic rings. The molecule has 3 rings (SSSR count). The fourth-order valence-electron chi connectivity index (χ4n) is 3.29. The second-order valence-corrected chi connectivity index (χ2v) is 7.02. The van der Waals surface area contributed by atoms with E-state index in [1.54, 1.807) is 14.2 Å². The molecule has 0 fully saturated rings. The molecule has 0 bridgehead atoms. The molecule has 1 heterocycles. The Morgan fingerprint density at radius 2 is 1.81 bits per heavy atom. The molecule has 0 N–H and O–H groups in total. The summed E-state index contributed by atoms with van der Waals surface area (Å²) in [6, 6.07) is 17.8. The Hall–Kier alpha value is -3.16. The van der Waals surface area contributed by atoms with E-state index >= 15 is 0 Å². The first-order chi connectivity index (χ1) is 15.1. The van der Waals surface area contributed by atoms with Gasteiger partial charge in [0.2, 0.25) is 0 Å². The molecule has 0 saturated heterocycles. The van der Waals surface area contributed by atoms with Crippen molar-refractivity contribution in [1.29, 1.82) is 0 Å². The molecule has 2 aromatic carbocycles. The number of rotatable bonds is 11. The number of hydrogen-bond acceptors (Lipinski definition) is 6. The Morgan fingerprint density at radius 3 is 2.45 bits per heavy atom. The smallest absolute Gasteiger partial charge is 0.320 e. The predicted octanol–water partition coefficient (Wildman–Crippen LogP) is 3.56. The van der Waals surface area contributed by atoms with Gasteiger partial charge in [-0.05, 0) is 43.3 Å². The van der Waals surface area contributed by atoms with Crippen LogP contribution in [0.3, 0.4) is 0 Å². The molecule has 0 aliphatic rings. The highest BCUT2D eigenvalue weighted by atomic mass is 16.5. The molecule has 0 saturated carbocycles. The number of ether oxygens (including phenoxy) is 3. The van der Waals surface area contributed by atoms with Crippen molar-refractivity contribution in [2.24, 2.45) is 0 Å². The maximum Gasteiger partial charge on any atom is 0.320 e. The van der Waals surface area contributed by atoms with Crippen molar-refractivity contribution < 1.29 is 19.0 Å². The molecular formula is C24H29N3O4. The molecule has 7 nitrogen and oxygen atoms in total. The largest absolute Gasteiger partial charge is 0.497 e. The number of benzene rings is 2. The van der Waals surface area contributed by atoms with E-state index in [4.69, 9.17) is 19.3 Å². The summed E-state index contributed by atoms with van der Waals surface area (Å²) in [7, 11) is 3.30. The number of carbonyl (C=O) groups excluding carboxylic acids is 1. The average Bonchev–Trinajstić information content (AvgIpc) is 3.22.